The molecule has 1 aliphatic heterocycles. The molecule has 4 heteroatoms. The van der Waals surface area contributed by atoms with Gasteiger partial charge in [0, 0.05) is 24.5 Å². The van der Waals surface area contributed by atoms with Crippen LogP contribution in [0.1, 0.15) is 17.0 Å². The largest absolute Gasteiger partial charge is 0.395 e. The van der Waals surface area contributed by atoms with E-state index in [0.717, 1.165) is 5.56 Å². The number of rotatable bonds is 7. The lowest BCUT2D eigenvalue weighted by molar-refractivity contribution is -0.120. The van der Waals surface area contributed by atoms with Crippen LogP contribution in [0.3, 0.4) is 0 Å². The monoisotopic (exact) mass is 386 g/mol. The van der Waals surface area contributed by atoms with Gasteiger partial charge in [0.2, 0.25) is 5.91 Å². The van der Waals surface area contributed by atoms with Crippen molar-refractivity contribution in [3.05, 3.63) is 96.1 Å². The molecule has 0 radical (unpaired) electrons. The van der Waals surface area contributed by atoms with E-state index in [1.165, 1.54) is 16.7 Å². The zero-order chi connectivity index (χ0) is 20.1. The van der Waals surface area contributed by atoms with E-state index >= 15 is 0 Å². The van der Waals surface area contributed by atoms with Crippen molar-refractivity contribution in [3.63, 3.8) is 0 Å². The highest BCUT2D eigenvalue weighted by atomic mass is 16.3. The minimum atomic E-state index is 0.0172. The SMILES string of the molecule is O=C(Cc1ccccc1)NC[C@H]1N[C@H](CO)[C@@H]1c1ccc(-c2ccccc2)cc1. The molecule has 0 aliphatic carbocycles. The number of carbonyl (C=O) groups excluding carboxylic acids is 1. The Morgan fingerprint density at radius 2 is 1.45 bits per heavy atom. The van der Waals surface area contributed by atoms with Gasteiger partial charge in [-0.25, -0.2) is 0 Å². The molecule has 29 heavy (non-hydrogen) atoms. The van der Waals surface area contributed by atoms with Crippen LogP contribution >= 0.6 is 0 Å². The van der Waals surface area contributed by atoms with E-state index in [-0.39, 0.29) is 30.5 Å². The Morgan fingerprint density at radius 1 is 0.828 bits per heavy atom. The average molecular weight is 386 g/mol. The molecule has 1 saturated heterocycles. The van der Waals surface area contributed by atoms with Gasteiger partial charge in [-0.15, -0.1) is 0 Å². The third kappa shape index (κ3) is 4.56. The second kappa shape index (κ2) is 9.03. The molecule has 3 N–H and O–H groups in total. The molecule has 3 aromatic carbocycles. The maximum atomic E-state index is 12.3. The van der Waals surface area contributed by atoms with Gasteiger partial charge in [0.05, 0.1) is 13.0 Å². The summed E-state index contributed by atoms with van der Waals surface area (Å²) in [6.45, 7) is 0.632. The van der Waals surface area contributed by atoms with Crippen molar-refractivity contribution in [3.8, 4) is 11.1 Å². The lowest BCUT2D eigenvalue weighted by Crippen LogP contribution is -2.64. The quantitative estimate of drug-likeness (QED) is 0.585. The maximum Gasteiger partial charge on any atom is 0.224 e. The molecule has 0 spiro atoms. The predicted octanol–water partition coefficient (Wildman–Crippen LogP) is 3.13. The lowest BCUT2D eigenvalue weighted by Gasteiger charge is -2.46. The van der Waals surface area contributed by atoms with E-state index in [0.29, 0.717) is 13.0 Å². The number of amides is 1. The summed E-state index contributed by atoms with van der Waals surface area (Å²) in [6.07, 6.45) is 0.382. The summed E-state index contributed by atoms with van der Waals surface area (Å²) in [5, 5.41) is 16.1. The van der Waals surface area contributed by atoms with Crippen molar-refractivity contribution < 1.29 is 9.90 Å². The van der Waals surface area contributed by atoms with Crippen LogP contribution in [0.25, 0.3) is 11.1 Å². The Kier molecular flexibility index (Phi) is 6.03. The number of benzene rings is 3. The topological polar surface area (TPSA) is 61.4 Å². The van der Waals surface area contributed by atoms with Crippen LogP contribution in [0.5, 0.6) is 0 Å². The lowest BCUT2D eigenvalue weighted by atomic mass is 9.77. The van der Waals surface area contributed by atoms with Gasteiger partial charge in [0.15, 0.2) is 0 Å². The van der Waals surface area contributed by atoms with Gasteiger partial charge in [-0.1, -0.05) is 84.9 Å². The molecule has 3 aromatic rings. The number of aliphatic hydroxyl groups excluding tert-OH is 1. The third-order valence-electron chi connectivity index (χ3n) is 5.62. The van der Waals surface area contributed by atoms with Crippen molar-refractivity contribution in [1.29, 1.82) is 0 Å². The van der Waals surface area contributed by atoms with Crippen molar-refractivity contribution in [2.45, 2.75) is 24.4 Å². The molecule has 0 bridgehead atoms. The Bertz CT molecular complexity index is 926. The standard InChI is InChI=1S/C25H26N2O2/c28-17-23-25(21-13-11-20(12-14-21)19-9-5-2-6-10-19)22(27-23)16-26-24(29)15-18-7-3-1-4-8-18/h1-14,22-23,25,27-28H,15-17H2,(H,26,29)/t22-,23-,25-/m1/s1. The van der Waals surface area contributed by atoms with E-state index in [2.05, 4.69) is 47.0 Å². The Morgan fingerprint density at radius 3 is 2.10 bits per heavy atom. The fourth-order valence-electron chi connectivity index (χ4n) is 4.06. The first kappa shape index (κ1) is 19.4. The summed E-state index contributed by atoms with van der Waals surface area (Å²) in [6, 6.07) is 28.7. The molecule has 1 amide bonds. The summed E-state index contributed by atoms with van der Waals surface area (Å²) in [4.78, 5) is 12.3. The van der Waals surface area contributed by atoms with Crippen LogP contribution in [0, 0.1) is 0 Å². The first-order chi connectivity index (χ1) is 14.2. The van der Waals surface area contributed by atoms with Crippen LogP contribution in [-0.4, -0.2) is 36.2 Å². The van der Waals surface area contributed by atoms with Gasteiger partial charge in [-0.3, -0.25) is 4.79 Å². The van der Waals surface area contributed by atoms with E-state index in [1.807, 2.05) is 48.5 Å². The first-order valence-corrected chi connectivity index (χ1v) is 10.1. The molecule has 1 heterocycles. The van der Waals surface area contributed by atoms with Gasteiger partial charge in [0.1, 0.15) is 0 Å². The van der Waals surface area contributed by atoms with Crippen LogP contribution < -0.4 is 10.6 Å². The molecule has 4 nitrogen and oxygen atoms in total. The van der Waals surface area contributed by atoms with E-state index < -0.39 is 0 Å². The van der Waals surface area contributed by atoms with E-state index in [9.17, 15) is 9.90 Å². The zero-order valence-corrected chi connectivity index (χ0v) is 16.3. The molecule has 0 unspecified atom stereocenters. The second-order valence-corrected chi connectivity index (χ2v) is 7.54. The zero-order valence-electron chi connectivity index (χ0n) is 16.3. The smallest absolute Gasteiger partial charge is 0.224 e. The number of hydrogen-bond donors (Lipinski definition) is 3. The highest BCUT2D eigenvalue weighted by Crippen LogP contribution is 2.33. The molecule has 1 aliphatic rings. The number of carbonyl (C=O) groups is 1. The fraction of sp³-hybridized carbons (Fsp3) is 0.240. The molecule has 1 fully saturated rings. The highest BCUT2D eigenvalue weighted by molar-refractivity contribution is 5.78. The molecule has 4 rings (SSSR count). The number of hydrogen-bond acceptors (Lipinski definition) is 3. The fourth-order valence-corrected chi connectivity index (χ4v) is 4.06. The van der Waals surface area contributed by atoms with Gasteiger partial charge in [-0.05, 0) is 22.3 Å². The summed E-state index contributed by atoms with van der Waals surface area (Å²) in [5.41, 5.74) is 4.56. The summed E-state index contributed by atoms with van der Waals surface area (Å²) < 4.78 is 0. The molecule has 148 valence electrons. The minimum absolute atomic E-state index is 0.0172. The molecular formula is C25H26N2O2. The molecule has 3 atom stereocenters. The number of nitrogens with one attached hydrogen (secondary N) is 2. The Hall–Kier alpha value is -2.95. The second-order valence-electron chi connectivity index (χ2n) is 7.54. The van der Waals surface area contributed by atoms with Crippen molar-refractivity contribution in [2.24, 2.45) is 0 Å². The normalized spacial score (nSPS) is 20.7. The summed E-state index contributed by atoms with van der Waals surface area (Å²) in [7, 11) is 0. The predicted molar refractivity (Wildman–Crippen MR) is 116 cm³/mol. The van der Waals surface area contributed by atoms with Crippen LogP contribution in [-0.2, 0) is 11.2 Å². The van der Waals surface area contributed by atoms with Crippen LogP contribution in [0.4, 0.5) is 0 Å². The van der Waals surface area contributed by atoms with Gasteiger partial charge in [-0.2, -0.15) is 0 Å². The van der Waals surface area contributed by atoms with Gasteiger partial charge < -0.3 is 15.7 Å². The first-order valence-electron chi connectivity index (χ1n) is 10.1. The van der Waals surface area contributed by atoms with Crippen LogP contribution in [0.15, 0.2) is 84.9 Å². The number of aliphatic hydroxyl groups is 1. The Labute approximate surface area is 171 Å². The van der Waals surface area contributed by atoms with Crippen molar-refractivity contribution >= 4 is 5.91 Å². The Balaban J connectivity index is 1.38. The van der Waals surface area contributed by atoms with Crippen molar-refractivity contribution in [1.82, 2.24) is 10.6 Å². The van der Waals surface area contributed by atoms with E-state index in [4.69, 9.17) is 0 Å². The van der Waals surface area contributed by atoms with Crippen molar-refractivity contribution in [2.75, 3.05) is 13.2 Å². The molecule has 0 aromatic heterocycles. The summed E-state index contributed by atoms with van der Waals surface area (Å²) in [5.74, 6) is 0.200. The highest BCUT2D eigenvalue weighted by Gasteiger charge is 2.40. The minimum Gasteiger partial charge on any atom is -0.395 e. The average Bonchev–Trinajstić information content (AvgIpc) is 2.75. The maximum absolute atomic E-state index is 12.3. The van der Waals surface area contributed by atoms with Gasteiger partial charge in [0.25, 0.3) is 0 Å². The molecule has 0 saturated carbocycles. The van der Waals surface area contributed by atoms with Crippen LogP contribution in [0.2, 0.25) is 0 Å². The molecular weight excluding hydrogens is 360 g/mol. The van der Waals surface area contributed by atoms with Gasteiger partial charge >= 0.3 is 0 Å². The third-order valence-corrected chi connectivity index (χ3v) is 5.62. The van der Waals surface area contributed by atoms with E-state index in [1.54, 1.807) is 0 Å². The summed E-state index contributed by atoms with van der Waals surface area (Å²) >= 11 is 0.